The number of fused-ring (bicyclic) bond motifs is 1. The summed E-state index contributed by atoms with van der Waals surface area (Å²) < 4.78 is 17.0. The Hall–Kier alpha value is -2.07. The fourth-order valence-corrected chi connectivity index (χ4v) is 2.50. The molecule has 0 bridgehead atoms. The van der Waals surface area contributed by atoms with E-state index in [0.29, 0.717) is 10.6 Å². The maximum Gasteiger partial charge on any atom is 0.329 e. The minimum absolute atomic E-state index is 0.166. The number of benzene rings is 2. The van der Waals surface area contributed by atoms with E-state index in [0.717, 1.165) is 11.0 Å². The first kappa shape index (κ1) is 12.9. The lowest BCUT2D eigenvalue weighted by molar-refractivity contribution is 0.597. The van der Waals surface area contributed by atoms with Crippen LogP contribution < -0.4 is 5.69 Å². The lowest BCUT2D eigenvalue weighted by Crippen LogP contribution is -2.23. The van der Waals surface area contributed by atoms with E-state index < -0.39 is 5.82 Å². The Balaban J connectivity index is 2.16. The summed E-state index contributed by atoms with van der Waals surface area (Å²) in [5.74, 6) is -0.405. The molecule has 102 valence electrons. The van der Waals surface area contributed by atoms with Gasteiger partial charge in [0, 0.05) is 17.6 Å². The third-order valence-electron chi connectivity index (χ3n) is 3.40. The maximum absolute atomic E-state index is 13.9. The third kappa shape index (κ3) is 2.02. The molecule has 0 atom stereocenters. The molecular formula is C15H12ClFN2O. The molecule has 0 amide bonds. The van der Waals surface area contributed by atoms with Gasteiger partial charge >= 0.3 is 5.69 Å². The fourth-order valence-electron chi connectivity index (χ4n) is 2.34. The standard InChI is InChI=1S/C15H12ClFN2O/c1-18-13-4-2-3-5-14(13)19(15(18)20)9-10-6-7-11(16)8-12(10)17/h2-8H,9H2,1H3. The molecule has 0 N–H and O–H groups in total. The van der Waals surface area contributed by atoms with Crippen LogP contribution in [-0.2, 0) is 13.6 Å². The van der Waals surface area contributed by atoms with Crippen LogP contribution in [0.4, 0.5) is 4.39 Å². The molecule has 3 nitrogen and oxygen atoms in total. The van der Waals surface area contributed by atoms with Crippen molar-refractivity contribution in [1.29, 1.82) is 0 Å². The second-order valence-corrected chi connectivity index (χ2v) is 5.09. The fraction of sp³-hybridized carbons (Fsp3) is 0.133. The summed E-state index contributed by atoms with van der Waals surface area (Å²) in [4.78, 5) is 12.2. The zero-order valence-electron chi connectivity index (χ0n) is 10.8. The number of imidazole rings is 1. The van der Waals surface area contributed by atoms with Crippen molar-refractivity contribution in [3.05, 3.63) is 69.4 Å². The summed E-state index contributed by atoms with van der Waals surface area (Å²) in [5, 5.41) is 0.344. The number of halogens is 2. The van der Waals surface area contributed by atoms with Gasteiger partial charge in [-0.3, -0.25) is 9.13 Å². The van der Waals surface area contributed by atoms with Crippen molar-refractivity contribution in [3.8, 4) is 0 Å². The number of nitrogens with zero attached hydrogens (tertiary/aromatic N) is 2. The summed E-state index contributed by atoms with van der Waals surface area (Å²) in [6, 6.07) is 11.9. The quantitative estimate of drug-likeness (QED) is 0.712. The Labute approximate surface area is 119 Å². The van der Waals surface area contributed by atoms with Crippen LogP contribution in [0.5, 0.6) is 0 Å². The molecule has 0 aliphatic heterocycles. The van der Waals surface area contributed by atoms with E-state index in [9.17, 15) is 9.18 Å². The molecule has 0 radical (unpaired) electrons. The summed E-state index contributed by atoms with van der Waals surface area (Å²) >= 11 is 5.74. The number of para-hydroxylation sites is 2. The molecule has 1 heterocycles. The lowest BCUT2D eigenvalue weighted by Gasteiger charge is -2.05. The first-order chi connectivity index (χ1) is 9.58. The number of aryl methyl sites for hydroxylation is 1. The number of rotatable bonds is 2. The molecule has 0 aliphatic carbocycles. The zero-order chi connectivity index (χ0) is 14.3. The molecule has 0 saturated heterocycles. The van der Waals surface area contributed by atoms with E-state index in [2.05, 4.69) is 0 Å². The van der Waals surface area contributed by atoms with E-state index in [1.54, 1.807) is 28.3 Å². The predicted molar refractivity (Wildman–Crippen MR) is 77.7 cm³/mol. The molecule has 0 unspecified atom stereocenters. The summed E-state index contributed by atoms with van der Waals surface area (Å²) in [6.07, 6.45) is 0. The van der Waals surface area contributed by atoms with E-state index in [4.69, 9.17) is 11.6 Å². The molecule has 0 saturated carbocycles. The van der Waals surface area contributed by atoms with Gasteiger partial charge in [0.25, 0.3) is 0 Å². The van der Waals surface area contributed by atoms with Crippen LogP contribution in [0.25, 0.3) is 11.0 Å². The van der Waals surface area contributed by atoms with Gasteiger partial charge in [-0.25, -0.2) is 9.18 Å². The Morgan fingerprint density at radius 1 is 1.15 bits per heavy atom. The molecule has 3 aromatic rings. The monoisotopic (exact) mass is 290 g/mol. The zero-order valence-corrected chi connectivity index (χ0v) is 11.6. The number of hydrogen-bond donors (Lipinski definition) is 0. The van der Waals surface area contributed by atoms with Gasteiger partial charge in [0.05, 0.1) is 17.6 Å². The van der Waals surface area contributed by atoms with E-state index >= 15 is 0 Å². The second kappa shape index (κ2) is 4.80. The van der Waals surface area contributed by atoms with E-state index in [1.165, 1.54) is 6.07 Å². The predicted octanol–water partition coefficient (Wildman–Crippen LogP) is 3.18. The summed E-state index contributed by atoms with van der Waals surface area (Å²) in [7, 11) is 1.71. The van der Waals surface area contributed by atoms with Crippen molar-refractivity contribution < 1.29 is 4.39 Å². The van der Waals surface area contributed by atoms with Crippen LogP contribution in [0, 0.1) is 5.82 Å². The largest absolute Gasteiger partial charge is 0.329 e. The van der Waals surface area contributed by atoms with Crippen molar-refractivity contribution in [2.45, 2.75) is 6.54 Å². The van der Waals surface area contributed by atoms with Crippen molar-refractivity contribution >= 4 is 22.6 Å². The Morgan fingerprint density at radius 2 is 1.85 bits per heavy atom. The molecule has 0 fully saturated rings. The highest BCUT2D eigenvalue weighted by Gasteiger charge is 2.12. The van der Waals surface area contributed by atoms with Crippen molar-refractivity contribution in [1.82, 2.24) is 9.13 Å². The van der Waals surface area contributed by atoms with Crippen molar-refractivity contribution in [2.24, 2.45) is 7.05 Å². The van der Waals surface area contributed by atoms with E-state index in [1.807, 2.05) is 24.3 Å². The normalized spacial score (nSPS) is 11.2. The van der Waals surface area contributed by atoms with Gasteiger partial charge in [-0.2, -0.15) is 0 Å². The molecule has 0 spiro atoms. The first-order valence-electron chi connectivity index (χ1n) is 6.16. The maximum atomic E-state index is 13.9. The van der Waals surface area contributed by atoms with Crippen LogP contribution in [0.15, 0.2) is 47.3 Å². The van der Waals surface area contributed by atoms with Crippen molar-refractivity contribution in [3.63, 3.8) is 0 Å². The first-order valence-corrected chi connectivity index (χ1v) is 6.54. The lowest BCUT2D eigenvalue weighted by atomic mass is 10.2. The van der Waals surface area contributed by atoms with E-state index in [-0.39, 0.29) is 12.2 Å². The highest BCUT2D eigenvalue weighted by Crippen LogP contribution is 2.18. The summed E-state index contributed by atoms with van der Waals surface area (Å²) in [5.41, 5.74) is 1.88. The second-order valence-electron chi connectivity index (χ2n) is 4.65. The van der Waals surface area contributed by atoms with Crippen molar-refractivity contribution in [2.75, 3.05) is 0 Å². The smallest absolute Gasteiger partial charge is 0.295 e. The van der Waals surface area contributed by atoms with Gasteiger partial charge in [0.1, 0.15) is 5.82 Å². The molecule has 0 aliphatic rings. The minimum Gasteiger partial charge on any atom is -0.295 e. The number of aromatic nitrogens is 2. The highest BCUT2D eigenvalue weighted by molar-refractivity contribution is 6.30. The van der Waals surface area contributed by atoms with Crippen LogP contribution >= 0.6 is 11.6 Å². The van der Waals surface area contributed by atoms with Gasteiger partial charge in [-0.15, -0.1) is 0 Å². The van der Waals surface area contributed by atoms with Crippen LogP contribution in [0.1, 0.15) is 5.56 Å². The highest BCUT2D eigenvalue weighted by atomic mass is 35.5. The van der Waals surface area contributed by atoms with Crippen LogP contribution in [0.2, 0.25) is 5.02 Å². The number of hydrogen-bond acceptors (Lipinski definition) is 1. The average molecular weight is 291 g/mol. The molecule has 3 rings (SSSR count). The molecule has 2 aromatic carbocycles. The Kier molecular flexibility index (Phi) is 3.10. The van der Waals surface area contributed by atoms with Crippen LogP contribution in [0.3, 0.4) is 0 Å². The Bertz CT molecular complexity index is 851. The Morgan fingerprint density at radius 3 is 2.55 bits per heavy atom. The minimum atomic E-state index is -0.405. The van der Waals surface area contributed by atoms with Gasteiger partial charge in [0.2, 0.25) is 0 Å². The third-order valence-corrected chi connectivity index (χ3v) is 3.63. The molecule has 1 aromatic heterocycles. The van der Waals surface area contributed by atoms with Gasteiger partial charge in [-0.05, 0) is 24.3 Å². The van der Waals surface area contributed by atoms with Gasteiger partial charge in [-0.1, -0.05) is 29.8 Å². The average Bonchev–Trinajstić information content (AvgIpc) is 2.67. The SMILES string of the molecule is Cn1c(=O)n(Cc2ccc(Cl)cc2F)c2ccccc21. The molecule has 5 heteroatoms. The topological polar surface area (TPSA) is 26.9 Å². The molecular weight excluding hydrogens is 279 g/mol. The summed E-state index contributed by atoms with van der Waals surface area (Å²) in [6.45, 7) is 0.184. The van der Waals surface area contributed by atoms with Gasteiger partial charge in [0.15, 0.2) is 0 Å². The van der Waals surface area contributed by atoms with Crippen LogP contribution in [-0.4, -0.2) is 9.13 Å². The molecule has 20 heavy (non-hydrogen) atoms. The van der Waals surface area contributed by atoms with Gasteiger partial charge < -0.3 is 0 Å².